The summed E-state index contributed by atoms with van der Waals surface area (Å²) in [6.45, 7) is 0.685. The number of rotatable bonds is 4. The molecule has 4 heteroatoms. The Labute approximate surface area is 105 Å². The van der Waals surface area contributed by atoms with Gasteiger partial charge in [-0.05, 0) is 25.0 Å². The van der Waals surface area contributed by atoms with Crippen LogP contribution in [0.15, 0.2) is 18.2 Å². The summed E-state index contributed by atoms with van der Waals surface area (Å²) >= 11 is 0. The summed E-state index contributed by atoms with van der Waals surface area (Å²) in [5.74, 6) is 1.31. The van der Waals surface area contributed by atoms with Gasteiger partial charge in [0.05, 0.1) is 18.2 Å². The topological polar surface area (TPSA) is 59.3 Å². The van der Waals surface area contributed by atoms with Gasteiger partial charge in [-0.25, -0.2) is 0 Å². The van der Waals surface area contributed by atoms with Gasteiger partial charge in [0, 0.05) is 17.9 Å². The number of Topliss-reactive ketones (excluding diaryl/α,β-unsaturated/α-hetero) is 1. The fourth-order valence-corrected chi connectivity index (χ4v) is 2.12. The number of hydrogen-bond donors (Lipinski definition) is 0. The van der Waals surface area contributed by atoms with Crippen molar-refractivity contribution in [2.24, 2.45) is 5.41 Å². The molecule has 18 heavy (non-hydrogen) atoms. The lowest BCUT2D eigenvalue weighted by atomic mass is 10.1. The molecule has 1 aromatic carbocycles. The van der Waals surface area contributed by atoms with Gasteiger partial charge in [-0.1, -0.05) is 0 Å². The van der Waals surface area contributed by atoms with Crippen molar-refractivity contribution in [1.29, 1.82) is 5.26 Å². The Kier molecular flexibility index (Phi) is 2.48. The summed E-state index contributed by atoms with van der Waals surface area (Å²) in [6.07, 6.45) is 2.66. The molecule has 0 bridgehead atoms. The van der Waals surface area contributed by atoms with Gasteiger partial charge in [-0.15, -0.1) is 0 Å². The fourth-order valence-electron chi connectivity index (χ4n) is 2.12. The van der Waals surface area contributed by atoms with Crippen molar-refractivity contribution in [3.63, 3.8) is 0 Å². The van der Waals surface area contributed by atoms with Gasteiger partial charge in [-0.3, -0.25) is 4.79 Å². The molecule has 1 saturated carbocycles. The lowest BCUT2D eigenvalue weighted by molar-refractivity contribution is 0.0961. The molecular formula is C14H13NO3. The molecule has 1 heterocycles. The first-order chi connectivity index (χ1) is 8.72. The van der Waals surface area contributed by atoms with Crippen molar-refractivity contribution >= 4 is 5.78 Å². The highest BCUT2D eigenvalue weighted by atomic mass is 16.5. The number of fused-ring (bicyclic) bond motifs is 1. The standard InChI is InChI=1S/C14H13NO3/c15-6-5-14(3-4-14)9-18-10-1-2-11-12(16)8-17-13(11)7-10/h1-2,7H,3-5,8-9H2. The minimum Gasteiger partial charge on any atom is -0.493 e. The molecule has 0 unspecified atom stereocenters. The van der Waals surface area contributed by atoms with Crippen LogP contribution >= 0.6 is 0 Å². The van der Waals surface area contributed by atoms with Crippen LogP contribution in [0.2, 0.25) is 0 Å². The van der Waals surface area contributed by atoms with E-state index in [-0.39, 0.29) is 17.8 Å². The van der Waals surface area contributed by atoms with Gasteiger partial charge in [0.1, 0.15) is 11.5 Å². The van der Waals surface area contributed by atoms with Gasteiger partial charge in [0.25, 0.3) is 0 Å². The van der Waals surface area contributed by atoms with E-state index >= 15 is 0 Å². The summed E-state index contributed by atoms with van der Waals surface area (Å²) in [7, 11) is 0. The Morgan fingerprint density at radius 3 is 3.00 bits per heavy atom. The van der Waals surface area contributed by atoms with E-state index in [1.807, 2.05) is 0 Å². The molecule has 1 fully saturated rings. The van der Waals surface area contributed by atoms with E-state index in [9.17, 15) is 4.79 Å². The van der Waals surface area contributed by atoms with E-state index in [4.69, 9.17) is 14.7 Å². The first-order valence-corrected chi connectivity index (χ1v) is 6.02. The zero-order valence-electron chi connectivity index (χ0n) is 9.94. The summed E-state index contributed by atoms with van der Waals surface area (Å²) in [6, 6.07) is 7.48. The van der Waals surface area contributed by atoms with E-state index < -0.39 is 0 Å². The third kappa shape index (κ3) is 1.92. The van der Waals surface area contributed by atoms with E-state index in [0.717, 1.165) is 12.8 Å². The molecule has 0 spiro atoms. The molecule has 1 aliphatic carbocycles. The summed E-state index contributed by atoms with van der Waals surface area (Å²) < 4.78 is 11.0. The number of carbonyl (C=O) groups is 1. The summed E-state index contributed by atoms with van der Waals surface area (Å²) in [4.78, 5) is 11.4. The van der Waals surface area contributed by atoms with Crippen LogP contribution in [0.4, 0.5) is 0 Å². The van der Waals surface area contributed by atoms with Crippen LogP contribution in [0.3, 0.4) is 0 Å². The van der Waals surface area contributed by atoms with Crippen LogP contribution in [0, 0.1) is 16.7 Å². The molecule has 1 aliphatic heterocycles. The molecule has 1 aromatic rings. The number of ether oxygens (including phenoxy) is 2. The van der Waals surface area contributed by atoms with E-state index in [1.54, 1.807) is 18.2 Å². The van der Waals surface area contributed by atoms with Crippen LogP contribution in [0.1, 0.15) is 29.6 Å². The van der Waals surface area contributed by atoms with Crippen molar-refractivity contribution in [3.8, 4) is 17.6 Å². The Morgan fingerprint density at radius 2 is 2.28 bits per heavy atom. The maximum absolute atomic E-state index is 11.4. The largest absolute Gasteiger partial charge is 0.493 e. The van der Waals surface area contributed by atoms with Crippen molar-refractivity contribution in [3.05, 3.63) is 23.8 Å². The van der Waals surface area contributed by atoms with Crippen molar-refractivity contribution in [2.45, 2.75) is 19.3 Å². The fraction of sp³-hybridized carbons (Fsp3) is 0.429. The molecule has 0 radical (unpaired) electrons. The molecule has 0 aromatic heterocycles. The Bertz CT molecular complexity index is 540. The first-order valence-electron chi connectivity index (χ1n) is 6.02. The second kappa shape index (κ2) is 4.02. The van der Waals surface area contributed by atoms with Crippen LogP contribution in [0.5, 0.6) is 11.5 Å². The molecule has 4 nitrogen and oxygen atoms in total. The lowest BCUT2D eigenvalue weighted by Crippen LogP contribution is -2.12. The average Bonchev–Trinajstić information content (AvgIpc) is 3.05. The minimum absolute atomic E-state index is 0.0136. The molecule has 3 rings (SSSR count). The van der Waals surface area contributed by atoms with Gasteiger partial charge in [0.15, 0.2) is 6.61 Å². The summed E-state index contributed by atoms with van der Waals surface area (Å²) in [5, 5.41) is 8.73. The molecule has 0 N–H and O–H groups in total. The number of benzene rings is 1. The second-order valence-electron chi connectivity index (χ2n) is 4.99. The number of ketones is 1. The third-order valence-electron chi connectivity index (χ3n) is 3.57. The number of hydrogen-bond acceptors (Lipinski definition) is 4. The number of nitriles is 1. The highest BCUT2D eigenvalue weighted by Gasteiger charge is 2.43. The molecule has 92 valence electrons. The smallest absolute Gasteiger partial charge is 0.203 e. The monoisotopic (exact) mass is 243 g/mol. The van der Waals surface area contributed by atoms with E-state index in [2.05, 4.69) is 6.07 Å². The van der Waals surface area contributed by atoms with Crippen LogP contribution in [0.25, 0.3) is 0 Å². The Balaban J connectivity index is 1.68. The van der Waals surface area contributed by atoms with E-state index in [0.29, 0.717) is 30.1 Å². The maximum Gasteiger partial charge on any atom is 0.203 e. The zero-order chi connectivity index (χ0) is 12.6. The van der Waals surface area contributed by atoms with Crippen LogP contribution in [-0.4, -0.2) is 19.0 Å². The Morgan fingerprint density at radius 1 is 1.44 bits per heavy atom. The molecule has 0 amide bonds. The lowest BCUT2D eigenvalue weighted by Gasteiger charge is -2.13. The number of nitrogens with zero attached hydrogens (tertiary/aromatic N) is 1. The highest BCUT2D eigenvalue weighted by Crippen LogP contribution is 2.48. The minimum atomic E-state index is 0.0136. The van der Waals surface area contributed by atoms with Gasteiger partial charge < -0.3 is 9.47 Å². The highest BCUT2D eigenvalue weighted by molar-refractivity contribution is 6.02. The van der Waals surface area contributed by atoms with Crippen molar-refractivity contribution < 1.29 is 14.3 Å². The van der Waals surface area contributed by atoms with Crippen LogP contribution in [-0.2, 0) is 0 Å². The van der Waals surface area contributed by atoms with Crippen LogP contribution < -0.4 is 9.47 Å². The molecule has 0 atom stereocenters. The predicted molar refractivity (Wildman–Crippen MR) is 63.7 cm³/mol. The van der Waals surface area contributed by atoms with Crippen molar-refractivity contribution in [2.75, 3.05) is 13.2 Å². The van der Waals surface area contributed by atoms with E-state index in [1.165, 1.54) is 0 Å². The van der Waals surface area contributed by atoms with Crippen molar-refractivity contribution in [1.82, 2.24) is 0 Å². The predicted octanol–water partition coefficient (Wildman–Crippen LogP) is 2.33. The molecular weight excluding hydrogens is 230 g/mol. The first kappa shape index (κ1) is 11.1. The Hall–Kier alpha value is -2.02. The zero-order valence-corrected chi connectivity index (χ0v) is 9.94. The summed E-state index contributed by atoms with van der Waals surface area (Å²) in [5.41, 5.74) is 0.685. The molecule has 2 aliphatic rings. The van der Waals surface area contributed by atoms with Gasteiger partial charge in [0.2, 0.25) is 5.78 Å². The maximum atomic E-state index is 11.4. The third-order valence-corrected chi connectivity index (χ3v) is 3.57. The number of carbonyl (C=O) groups excluding carboxylic acids is 1. The second-order valence-corrected chi connectivity index (χ2v) is 4.99. The SMILES string of the molecule is N#CCC1(COc2ccc3c(c2)OCC3=O)CC1. The quantitative estimate of drug-likeness (QED) is 0.814. The van der Waals surface area contributed by atoms with Gasteiger partial charge in [-0.2, -0.15) is 5.26 Å². The molecule has 0 saturated heterocycles. The average molecular weight is 243 g/mol. The normalized spacial score (nSPS) is 18.7. The van der Waals surface area contributed by atoms with Gasteiger partial charge >= 0.3 is 0 Å².